The molecule has 0 aromatic heterocycles. The van der Waals surface area contributed by atoms with Crippen molar-refractivity contribution in [2.75, 3.05) is 25.5 Å². The number of anilines is 1. The molecule has 1 atom stereocenters. The van der Waals surface area contributed by atoms with E-state index in [1.807, 2.05) is 25.1 Å². The van der Waals surface area contributed by atoms with Crippen LogP contribution in [0.2, 0.25) is 0 Å². The van der Waals surface area contributed by atoms with E-state index in [1.165, 1.54) is 25.7 Å². The molecule has 1 aromatic rings. The number of likely N-dealkylation sites (tertiary alicyclic amines) is 1. The predicted octanol–water partition coefficient (Wildman–Crippen LogP) is 3.60. The lowest BCUT2D eigenvalue weighted by Gasteiger charge is -2.35. The molecule has 2 rings (SSSR count). The number of carbonyl (C=O) groups is 1. The van der Waals surface area contributed by atoms with Crippen LogP contribution in [0.5, 0.6) is 5.75 Å². The number of piperidine rings is 1. The number of benzene rings is 1. The van der Waals surface area contributed by atoms with Gasteiger partial charge in [-0.15, -0.1) is 0 Å². The van der Waals surface area contributed by atoms with Crippen molar-refractivity contribution < 1.29 is 9.53 Å². The van der Waals surface area contributed by atoms with Crippen molar-refractivity contribution in [2.24, 2.45) is 0 Å². The molecule has 1 aliphatic rings. The highest BCUT2D eigenvalue weighted by Crippen LogP contribution is 2.25. The van der Waals surface area contributed by atoms with Crippen LogP contribution in [0.15, 0.2) is 18.2 Å². The maximum Gasteiger partial charge on any atom is 0.225 e. The summed E-state index contributed by atoms with van der Waals surface area (Å²) in [5.74, 6) is 0.771. The van der Waals surface area contributed by atoms with E-state index in [1.54, 1.807) is 7.11 Å². The molecule has 1 fully saturated rings. The zero-order valence-corrected chi connectivity index (χ0v) is 14.0. The van der Waals surface area contributed by atoms with Gasteiger partial charge in [0.1, 0.15) is 5.75 Å². The fourth-order valence-electron chi connectivity index (χ4n) is 3.19. The first-order valence-corrected chi connectivity index (χ1v) is 8.32. The third-order valence-corrected chi connectivity index (χ3v) is 4.48. The molecule has 0 spiro atoms. The first-order valence-electron chi connectivity index (χ1n) is 8.32. The molecular formula is C18H28N2O2. The second-order valence-electron chi connectivity index (χ2n) is 6.10. The van der Waals surface area contributed by atoms with E-state index >= 15 is 0 Å². The van der Waals surface area contributed by atoms with Crippen LogP contribution in [0.1, 0.15) is 44.6 Å². The topological polar surface area (TPSA) is 41.6 Å². The third kappa shape index (κ3) is 4.47. The predicted molar refractivity (Wildman–Crippen MR) is 90.5 cm³/mol. The fraction of sp³-hybridized carbons (Fsp3) is 0.611. The van der Waals surface area contributed by atoms with Gasteiger partial charge in [-0.1, -0.05) is 19.4 Å². The Morgan fingerprint density at radius 2 is 2.23 bits per heavy atom. The number of amides is 1. The molecule has 4 heteroatoms. The Labute approximate surface area is 133 Å². The average Bonchev–Trinajstić information content (AvgIpc) is 2.53. The summed E-state index contributed by atoms with van der Waals surface area (Å²) in [6.07, 6.45) is 5.55. The summed E-state index contributed by atoms with van der Waals surface area (Å²) in [6.45, 7) is 6.22. The Hall–Kier alpha value is -1.55. The van der Waals surface area contributed by atoms with Gasteiger partial charge in [0.15, 0.2) is 0 Å². The van der Waals surface area contributed by atoms with Gasteiger partial charge in [0, 0.05) is 19.0 Å². The zero-order valence-electron chi connectivity index (χ0n) is 14.0. The van der Waals surface area contributed by atoms with Gasteiger partial charge in [-0.3, -0.25) is 9.69 Å². The summed E-state index contributed by atoms with van der Waals surface area (Å²) in [7, 11) is 1.62. The maximum atomic E-state index is 12.2. The van der Waals surface area contributed by atoms with Crippen LogP contribution in [0.4, 0.5) is 5.69 Å². The molecule has 0 bridgehead atoms. The van der Waals surface area contributed by atoms with Crippen molar-refractivity contribution in [1.82, 2.24) is 4.90 Å². The normalized spacial score (nSPS) is 19.0. The number of hydrogen-bond donors (Lipinski definition) is 1. The summed E-state index contributed by atoms with van der Waals surface area (Å²) in [4.78, 5) is 14.7. The lowest BCUT2D eigenvalue weighted by atomic mass is 10.00. The monoisotopic (exact) mass is 304 g/mol. The van der Waals surface area contributed by atoms with Gasteiger partial charge in [-0.2, -0.15) is 0 Å². The van der Waals surface area contributed by atoms with Gasteiger partial charge < -0.3 is 10.1 Å². The number of ether oxygens (including phenoxy) is 1. The van der Waals surface area contributed by atoms with E-state index in [0.29, 0.717) is 18.2 Å². The van der Waals surface area contributed by atoms with E-state index in [0.717, 1.165) is 24.3 Å². The Balaban J connectivity index is 1.89. The molecular weight excluding hydrogens is 276 g/mol. The van der Waals surface area contributed by atoms with Crippen LogP contribution in [-0.4, -0.2) is 37.0 Å². The van der Waals surface area contributed by atoms with Crippen molar-refractivity contribution in [3.63, 3.8) is 0 Å². The number of rotatable bonds is 6. The average molecular weight is 304 g/mol. The van der Waals surface area contributed by atoms with Crippen LogP contribution in [0.3, 0.4) is 0 Å². The molecule has 1 unspecified atom stereocenters. The first-order chi connectivity index (χ1) is 10.6. The SMILES string of the molecule is CCC1CCCCN1CCC(=O)Nc1cc(C)ccc1OC. The molecule has 0 radical (unpaired) electrons. The van der Waals surface area contributed by atoms with E-state index in [4.69, 9.17) is 4.74 Å². The Morgan fingerprint density at radius 3 is 2.95 bits per heavy atom. The molecule has 4 nitrogen and oxygen atoms in total. The van der Waals surface area contributed by atoms with Gasteiger partial charge in [0.2, 0.25) is 5.91 Å². The molecule has 122 valence electrons. The summed E-state index contributed by atoms with van der Waals surface area (Å²) in [5, 5.41) is 2.98. The van der Waals surface area contributed by atoms with Crippen molar-refractivity contribution >= 4 is 11.6 Å². The number of methoxy groups -OCH3 is 1. The summed E-state index contributed by atoms with van der Waals surface area (Å²) >= 11 is 0. The van der Waals surface area contributed by atoms with Crippen molar-refractivity contribution in [2.45, 2.75) is 52.0 Å². The molecule has 1 N–H and O–H groups in total. The lowest BCUT2D eigenvalue weighted by molar-refractivity contribution is -0.116. The minimum Gasteiger partial charge on any atom is -0.495 e. The second-order valence-corrected chi connectivity index (χ2v) is 6.10. The number of nitrogens with zero attached hydrogens (tertiary/aromatic N) is 1. The zero-order chi connectivity index (χ0) is 15.9. The Kier molecular flexibility index (Phi) is 6.25. The molecule has 1 saturated heterocycles. The van der Waals surface area contributed by atoms with Gasteiger partial charge in [-0.05, 0) is 50.4 Å². The minimum atomic E-state index is 0.0596. The minimum absolute atomic E-state index is 0.0596. The van der Waals surface area contributed by atoms with Gasteiger partial charge in [-0.25, -0.2) is 0 Å². The van der Waals surface area contributed by atoms with E-state index in [9.17, 15) is 4.79 Å². The highest BCUT2D eigenvalue weighted by atomic mass is 16.5. The van der Waals surface area contributed by atoms with Crippen molar-refractivity contribution in [1.29, 1.82) is 0 Å². The van der Waals surface area contributed by atoms with E-state index in [2.05, 4.69) is 17.1 Å². The molecule has 0 aliphatic carbocycles. The molecule has 22 heavy (non-hydrogen) atoms. The standard InChI is InChI=1S/C18H28N2O2/c1-4-15-7-5-6-11-20(15)12-10-18(21)19-16-13-14(2)8-9-17(16)22-3/h8-9,13,15H,4-7,10-12H2,1-3H3,(H,19,21). The van der Waals surface area contributed by atoms with Crippen molar-refractivity contribution in [3.8, 4) is 5.75 Å². The van der Waals surface area contributed by atoms with Gasteiger partial charge in [0.05, 0.1) is 12.8 Å². The molecule has 1 heterocycles. The number of nitrogens with one attached hydrogen (secondary N) is 1. The fourth-order valence-corrected chi connectivity index (χ4v) is 3.19. The summed E-state index contributed by atoms with van der Waals surface area (Å²) in [5.41, 5.74) is 1.87. The Morgan fingerprint density at radius 1 is 1.41 bits per heavy atom. The number of aryl methyl sites for hydroxylation is 1. The van der Waals surface area contributed by atoms with Crippen LogP contribution in [0.25, 0.3) is 0 Å². The Bertz CT molecular complexity index is 502. The van der Waals surface area contributed by atoms with Crippen LogP contribution in [-0.2, 0) is 4.79 Å². The lowest BCUT2D eigenvalue weighted by Crippen LogP contribution is -2.40. The molecule has 1 aromatic carbocycles. The largest absolute Gasteiger partial charge is 0.495 e. The number of hydrogen-bond acceptors (Lipinski definition) is 3. The highest BCUT2D eigenvalue weighted by molar-refractivity contribution is 5.92. The van der Waals surface area contributed by atoms with E-state index < -0.39 is 0 Å². The van der Waals surface area contributed by atoms with Crippen LogP contribution < -0.4 is 10.1 Å². The van der Waals surface area contributed by atoms with Gasteiger partial charge in [0.25, 0.3) is 0 Å². The smallest absolute Gasteiger partial charge is 0.225 e. The van der Waals surface area contributed by atoms with Crippen LogP contribution >= 0.6 is 0 Å². The molecule has 0 saturated carbocycles. The van der Waals surface area contributed by atoms with Gasteiger partial charge >= 0.3 is 0 Å². The van der Waals surface area contributed by atoms with Crippen LogP contribution in [0, 0.1) is 6.92 Å². The van der Waals surface area contributed by atoms with Crippen molar-refractivity contribution in [3.05, 3.63) is 23.8 Å². The maximum absolute atomic E-state index is 12.2. The van der Waals surface area contributed by atoms with E-state index in [-0.39, 0.29) is 5.91 Å². The highest BCUT2D eigenvalue weighted by Gasteiger charge is 2.21. The second kappa shape index (κ2) is 8.18. The summed E-state index contributed by atoms with van der Waals surface area (Å²) in [6, 6.07) is 6.47. The quantitative estimate of drug-likeness (QED) is 0.873. The summed E-state index contributed by atoms with van der Waals surface area (Å²) < 4.78 is 5.30. The first kappa shape index (κ1) is 16.8. The number of carbonyl (C=O) groups excluding carboxylic acids is 1. The molecule has 1 aliphatic heterocycles. The third-order valence-electron chi connectivity index (χ3n) is 4.48. The molecule has 1 amide bonds.